The Morgan fingerprint density at radius 1 is 1.16 bits per heavy atom. The van der Waals surface area contributed by atoms with Crippen molar-refractivity contribution in [3.8, 4) is 0 Å². The highest BCUT2D eigenvalue weighted by molar-refractivity contribution is 5.97. The molecule has 0 amide bonds. The number of ether oxygens (including phenoxy) is 2. The fourth-order valence-corrected chi connectivity index (χ4v) is 2.13. The van der Waals surface area contributed by atoms with E-state index in [4.69, 9.17) is 9.47 Å². The van der Waals surface area contributed by atoms with E-state index in [-0.39, 0.29) is 11.9 Å². The molecule has 0 aliphatic carbocycles. The number of esters is 2. The molecule has 0 aromatic rings. The van der Waals surface area contributed by atoms with Gasteiger partial charge in [0.25, 0.3) is 0 Å². The average Bonchev–Trinajstić information content (AvgIpc) is 2.38. The number of hydrogen-bond donors (Lipinski definition) is 1. The zero-order chi connectivity index (χ0) is 14.4. The number of allylic oxidation sites excluding steroid dienone is 1. The van der Waals surface area contributed by atoms with Gasteiger partial charge in [0, 0.05) is 17.8 Å². The summed E-state index contributed by atoms with van der Waals surface area (Å²) in [4.78, 5) is 23.9. The summed E-state index contributed by atoms with van der Waals surface area (Å²) in [5.74, 6) is -1.05. The molecular formula is C14H21NO4. The van der Waals surface area contributed by atoms with Crippen LogP contribution in [-0.2, 0) is 19.1 Å². The van der Waals surface area contributed by atoms with Crippen LogP contribution in [0, 0.1) is 5.92 Å². The Morgan fingerprint density at radius 2 is 1.74 bits per heavy atom. The minimum Gasteiger partial charge on any atom is -0.463 e. The van der Waals surface area contributed by atoms with E-state index in [1.807, 2.05) is 6.92 Å². The Hall–Kier alpha value is -1.78. The highest BCUT2D eigenvalue weighted by atomic mass is 16.5. The molecule has 1 heterocycles. The first-order valence-corrected chi connectivity index (χ1v) is 6.58. The number of rotatable bonds is 5. The van der Waals surface area contributed by atoms with Crippen LogP contribution in [0.2, 0.25) is 0 Å². The lowest BCUT2D eigenvalue weighted by Gasteiger charge is -2.26. The second kappa shape index (κ2) is 6.97. The molecule has 0 aromatic heterocycles. The van der Waals surface area contributed by atoms with Crippen LogP contribution < -0.4 is 5.32 Å². The zero-order valence-electron chi connectivity index (χ0n) is 11.9. The van der Waals surface area contributed by atoms with Gasteiger partial charge in [0.05, 0.1) is 24.4 Å². The van der Waals surface area contributed by atoms with Crippen LogP contribution in [0.25, 0.3) is 0 Å². The summed E-state index contributed by atoms with van der Waals surface area (Å²) >= 11 is 0. The SMILES string of the molecule is CCOC(=O)C1=CNC(C)=C(C(=O)OCC)C1CC. The molecule has 0 aromatic carbocycles. The van der Waals surface area contributed by atoms with Gasteiger partial charge in [0.1, 0.15) is 0 Å². The van der Waals surface area contributed by atoms with E-state index in [1.54, 1.807) is 27.0 Å². The number of nitrogens with one attached hydrogen (secondary N) is 1. The molecule has 1 atom stereocenters. The van der Waals surface area contributed by atoms with Crippen LogP contribution in [0.1, 0.15) is 34.1 Å². The highest BCUT2D eigenvalue weighted by Gasteiger charge is 2.33. The molecule has 1 rings (SSSR count). The number of dihydropyridines is 1. The quantitative estimate of drug-likeness (QED) is 0.771. The normalized spacial score (nSPS) is 18.5. The predicted molar refractivity (Wildman–Crippen MR) is 71.0 cm³/mol. The minimum absolute atomic E-state index is 0.278. The molecule has 5 nitrogen and oxygen atoms in total. The van der Waals surface area contributed by atoms with Crippen molar-refractivity contribution in [1.82, 2.24) is 5.32 Å². The van der Waals surface area contributed by atoms with E-state index in [1.165, 1.54) is 0 Å². The van der Waals surface area contributed by atoms with Gasteiger partial charge in [0.15, 0.2) is 0 Å². The van der Waals surface area contributed by atoms with Gasteiger partial charge in [-0.15, -0.1) is 0 Å². The summed E-state index contributed by atoms with van der Waals surface area (Å²) in [5.41, 5.74) is 1.70. The Kier molecular flexibility index (Phi) is 5.60. The molecule has 1 N–H and O–H groups in total. The Balaban J connectivity index is 3.03. The molecule has 1 unspecified atom stereocenters. The van der Waals surface area contributed by atoms with E-state index >= 15 is 0 Å². The summed E-state index contributed by atoms with van der Waals surface area (Å²) in [6.45, 7) is 7.85. The van der Waals surface area contributed by atoms with Crippen LogP contribution >= 0.6 is 0 Å². The molecule has 0 bridgehead atoms. The van der Waals surface area contributed by atoms with E-state index in [9.17, 15) is 9.59 Å². The monoisotopic (exact) mass is 267 g/mol. The zero-order valence-corrected chi connectivity index (χ0v) is 11.9. The van der Waals surface area contributed by atoms with Gasteiger partial charge in [-0.25, -0.2) is 9.59 Å². The van der Waals surface area contributed by atoms with E-state index in [0.29, 0.717) is 30.8 Å². The van der Waals surface area contributed by atoms with Crippen LogP contribution in [0.15, 0.2) is 23.0 Å². The first-order chi connectivity index (χ1) is 9.06. The van der Waals surface area contributed by atoms with Crippen molar-refractivity contribution in [2.45, 2.75) is 34.1 Å². The van der Waals surface area contributed by atoms with Crippen molar-refractivity contribution in [2.24, 2.45) is 5.92 Å². The highest BCUT2D eigenvalue weighted by Crippen LogP contribution is 2.30. The number of carbonyl (C=O) groups is 2. The predicted octanol–water partition coefficient (Wildman–Crippen LogP) is 1.90. The maximum atomic E-state index is 12.0. The van der Waals surface area contributed by atoms with Crippen molar-refractivity contribution < 1.29 is 19.1 Å². The molecule has 0 spiro atoms. The van der Waals surface area contributed by atoms with Crippen molar-refractivity contribution in [1.29, 1.82) is 0 Å². The summed E-state index contributed by atoms with van der Waals surface area (Å²) < 4.78 is 10.1. The third-order valence-corrected chi connectivity index (χ3v) is 2.99. The van der Waals surface area contributed by atoms with E-state index < -0.39 is 5.97 Å². The molecule has 1 aliphatic rings. The molecule has 19 heavy (non-hydrogen) atoms. The summed E-state index contributed by atoms with van der Waals surface area (Å²) in [7, 11) is 0. The van der Waals surface area contributed by atoms with Gasteiger partial charge in [-0.1, -0.05) is 6.92 Å². The third kappa shape index (κ3) is 3.36. The van der Waals surface area contributed by atoms with E-state index in [2.05, 4.69) is 5.32 Å². The van der Waals surface area contributed by atoms with Crippen LogP contribution in [0.5, 0.6) is 0 Å². The summed E-state index contributed by atoms with van der Waals surface area (Å²) in [6.07, 6.45) is 2.25. The average molecular weight is 267 g/mol. The molecule has 106 valence electrons. The summed E-state index contributed by atoms with van der Waals surface area (Å²) in [6, 6.07) is 0. The smallest absolute Gasteiger partial charge is 0.336 e. The van der Waals surface area contributed by atoms with Gasteiger partial charge in [0.2, 0.25) is 0 Å². The lowest BCUT2D eigenvalue weighted by atomic mass is 9.85. The fraction of sp³-hybridized carbons (Fsp3) is 0.571. The second-order valence-electron chi connectivity index (χ2n) is 4.18. The van der Waals surface area contributed by atoms with Gasteiger partial charge in [-0.2, -0.15) is 0 Å². The molecule has 0 saturated heterocycles. The molecule has 0 saturated carbocycles. The van der Waals surface area contributed by atoms with Crippen molar-refractivity contribution in [3.05, 3.63) is 23.0 Å². The van der Waals surface area contributed by atoms with Crippen LogP contribution in [0.3, 0.4) is 0 Å². The van der Waals surface area contributed by atoms with Gasteiger partial charge >= 0.3 is 11.9 Å². The molecule has 0 radical (unpaired) electrons. The maximum absolute atomic E-state index is 12.0. The molecule has 5 heteroatoms. The summed E-state index contributed by atoms with van der Waals surface area (Å²) in [5, 5.41) is 2.94. The lowest BCUT2D eigenvalue weighted by molar-refractivity contribution is -0.140. The van der Waals surface area contributed by atoms with Gasteiger partial charge in [-0.05, 0) is 27.2 Å². The maximum Gasteiger partial charge on any atom is 0.336 e. The van der Waals surface area contributed by atoms with Crippen molar-refractivity contribution >= 4 is 11.9 Å². The third-order valence-electron chi connectivity index (χ3n) is 2.99. The molecule has 0 fully saturated rings. The van der Waals surface area contributed by atoms with Crippen LogP contribution in [-0.4, -0.2) is 25.2 Å². The first-order valence-electron chi connectivity index (χ1n) is 6.58. The first kappa shape index (κ1) is 15.3. The Labute approximate surface area is 113 Å². The molecular weight excluding hydrogens is 246 g/mol. The lowest BCUT2D eigenvalue weighted by Crippen LogP contribution is -2.30. The Morgan fingerprint density at radius 3 is 2.26 bits per heavy atom. The van der Waals surface area contributed by atoms with E-state index in [0.717, 1.165) is 5.70 Å². The second-order valence-corrected chi connectivity index (χ2v) is 4.18. The fourth-order valence-electron chi connectivity index (χ4n) is 2.13. The minimum atomic E-state index is -0.392. The number of hydrogen-bond acceptors (Lipinski definition) is 5. The van der Waals surface area contributed by atoms with Crippen LogP contribution in [0.4, 0.5) is 0 Å². The van der Waals surface area contributed by atoms with Crippen molar-refractivity contribution in [2.75, 3.05) is 13.2 Å². The largest absolute Gasteiger partial charge is 0.463 e. The number of carbonyl (C=O) groups excluding carboxylic acids is 2. The van der Waals surface area contributed by atoms with Gasteiger partial charge in [-0.3, -0.25) is 0 Å². The standard InChI is InChI=1S/C14H21NO4/c1-5-10-11(13(16)18-6-2)8-15-9(4)12(10)14(17)19-7-3/h8,10,15H,5-7H2,1-4H3. The van der Waals surface area contributed by atoms with Crippen molar-refractivity contribution in [3.63, 3.8) is 0 Å². The van der Waals surface area contributed by atoms with Gasteiger partial charge < -0.3 is 14.8 Å². The molecule has 1 aliphatic heterocycles. The Bertz CT molecular complexity index is 423. The topological polar surface area (TPSA) is 64.6 Å².